The minimum Gasteiger partial charge on any atom is -0.444 e. The molecule has 3 saturated heterocycles. The van der Waals surface area contributed by atoms with E-state index >= 15 is 8.78 Å². The molecule has 18 nitrogen and oxygen atoms in total. The van der Waals surface area contributed by atoms with Crippen LogP contribution in [0.4, 0.5) is 51.2 Å². The fourth-order valence-corrected chi connectivity index (χ4v) is 15.0. The van der Waals surface area contributed by atoms with E-state index in [-0.39, 0.29) is 58.8 Å². The fourth-order valence-electron chi connectivity index (χ4n) is 15.0. The highest BCUT2D eigenvalue weighted by molar-refractivity contribution is 6.11. The molecule has 5 aromatic heterocycles. The lowest BCUT2D eigenvalue weighted by molar-refractivity contribution is -0.0368. The van der Waals surface area contributed by atoms with Crippen LogP contribution in [-0.4, -0.2) is 103 Å². The number of nitrogens with two attached hydrogens (primary N) is 1. The van der Waals surface area contributed by atoms with Crippen molar-refractivity contribution >= 4 is 64.3 Å². The van der Waals surface area contributed by atoms with E-state index in [1.807, 2.05) is 77.9 Å². The monoisotopic (exact) mass is 1220 g/mol. The van der Waals surface area contributed by atoms with E-state index in [4.69, 9.17) is 40.3 Å². The van der Waals surface area contributed by atoms with Gasteiger partial charge < -0.3 is 40.1 Å². The highest BCUT2D eigenvalue weighted by Crippen LogP contribution is 2.54. The van der Waals surface area contributed by atoms with E-state index in [1.54, 1.807) is 17.1 Å². The molecule has 0 bridgehead atoms. The van der Waals surface area contributed by atoms with Crippen molar-refractivity contribution < 1.29 is 31.8 Å². The zero-order valence-electron chi connectivity index (χ0n) is 49.9. The van der Waals surface area contributed by atoms with E-state index in [2.05, 4.69) is 55.5 Å². The van der Waals surface area contributed by atoms with E-state index in [9.17, 15) is 13.6 Å². The molecule has 3 fully saturated rings. The van der Waals surface area contributed by atoms with Crippen LogP contribution in [0, 0.1) is 10.8 Å². The number of carbonyl (C=O) groups is 1. The van der Waals surface area contributed by atoms with Gasteiger partial charge in [-0.3, -0.25) is 15.0 Å². The molecule has 2 aliphatic carbocycles. The summed E-state index contributed by atoms with van der Waals surface area (Å²) in [6, 6.07) is 24.1. The van der Waals surface area contributed by atoms with Gasteiger partial charge in [0, 0.05) is 69.7 Å². The fraction of sp³-hybridized carbons (Fsp3) is 0.492. The summed E-state index contributed by atoms with van der Waals surface area (Å²) in [5.41, 5.74) is 15.7. The molecule has 88 heavy (non-hydrogen) atoms. The van der Waals surface area contributed by atoms with Crippen molar-refractivity contribution in [3.05, 3.63) is 142 Å². The topological polar surface area (TPSA) is 194 Å². The Kier molecular flexibility index (Phi) is 16.0. The maximum absolute atomic E-state index is 15.0. The zero-order chi connectivity index (χ0) is 59.8. The number of nitrogens with one attached hydrogen (secondary N) is 1. The first-order valence-corrected chi connectivity index (χ1v) is 30.9. The predicted octanol–water partition coefficient (Wildman–Crippen LogP) is 12.1. The van der Waals surface area contributed by atoms with Crippen LogP contribution in [0.25, 0.3) is 11.2 Å². The lowest BCUT2D eigenvalue weighted by Crippen LogP contribution is -2.48. The number of benzene rings is 2. The molecule has 2 aromatic carbocycles. The van der Waals surface area contributed by atoms with E-state index in [0.29, 0.717) is 98.7 Å². The SMILES string of the molecule is CC(C)(C)OC(=O)N[C@@H]1c2ccccc2CC12CCN(c1nc3c(nc1C(F)F)c(N1CCCc4ncccc41)nn3C1CCCCO1)CC2.Cl.N[C@@H]1c2ccccc2CC12CCN(c1nc3c(nc1C(F)F)C(N1CCCc4ncccc41)=NC3)CC2. The maximum Gasteiger partial charge on any atom is 0.408 e. The molecular formula is C65H74ClF4N15O3. The molecule has 7 aromatic rings. The van der Waals surface area contributed by atoms with Crippen molar-refractivity contribution in [2.24, 2.45) is 21.6 Å². The normalized spacial score (nSPS) is 21.5. The number of anilines is 5. The van der Waals surface area contributed by atoms with Crippen molar-refractivity contribution in [3.63, 3.8) is 0 Å². The summed E-state index contributed by atoms with van der Waals surface area (Å²) < 4.78 is 72.4. The summed E-state index contributed by atoms with van der Waals surface area (Å²) >= 11 is 0. The van der Waals surface area contributed by atoms with Crippen LogP contribution in [-0.2, 0) is 41.7 Å². The number of hydrogen-bond acceptors (Lipinski definition) is 16. The van der Waals surface area contributed by atoms with Crippen LogP contribution in [0.5, 0.6) is 0 Å². The number of nitrogens with zero attached hydrogens (tertiary/aromatic N) is 13. The number of aromatic nitrogens is 8. The van der Waals surface area contributed by atoms with Crippen LogP contribution < -0.4 is 30.7 Å². The van der Waals surface area contributed by atoms with Gasteiger partial charge in [-0.2, -0.15) is 0 Å². The zero-order valence-corrected chi connectivity index (χ0v) is 50.7. The number of pyridine rings is 2. The number of amidine groups is 1. The molecule has 1 unspecified atom stereocenters. The van der Waals surface area contributed by atoms with Gasteiger partial charge in [0.1, 0.15) is 22.7 Å². The Balaban J connectivity index is 0.000000167. The van der Waals surface area contributed by atoms with Gasteiger partial charge in [0.15, 0.2) is 40.7 Å². The van der Waals surface area contributed by atoms with E-state index in [1.165, 1.54) is 16.7 Å². The Morgan fingerprint density at radius 3 is 1.91 bits per heavy atom. The van der Waals surface area contributed by atoms with E-state index in [0.717, 1.165) is 105 Å². The first kappa shape index (κ1) is 59.4. The van der Waals surface area contributed by atoms with Crippen molar-refractivity contribution in [1.82, 2.24) is 45.0 Å². The number of ether oxygens (including phenoxy) is 2. The number of fused-ring (bicyclic) bond motifs is 6. The number of rotatable bonds is 7. The lowest BCUT2D eigenvalue weighted by atomic mass is 9.72. The van der Waals surface area contributed by atoms with Gasteiger partial charge in [-0.1, -0.05) is 48.5 Å². The third-order valence-corrected chi connectivity index (χ3v) is 19.2. The second kappa shape index (κ2) is 23.8. The Morgan fingerprint density at radius 1 is 0.682 bits per heavy atom. The maximum atomic E-state index is 15.0. The highest BCUT2D eigenvalue weighted by Gasteiger charge is 2.50. The first-order chi connectivity index (χ1) is 42.1. The van der Waals surface area contributed by atoms with Crippen molar-refractivity contribution in [3.8, 4) is 0 Å². The van der Waals surface area contributed by atoms with E-state index < -0.39 is 24.5 Å². The van der Waals surface area contributed by atoms with Crippen molar-refractivity contribution in [2.75, 3.05) is 65.5 Å². The van der Waals surface area contributed by atoms with Gasteiger partial charge in [0.25, 0.3) is 12.9 Å². The molecule has 0 radical (unpaired) electrons. The number of halogens is 5. The minimum atomic E-state index is -2.84. The second-order valence-corrected chi connectivity index (χ2v) is 25.6. The van der Waals surface area contributed by atoms with Gasteiger partial charge in [-0.25, -0.2) is 47.0 Å². The van der Waals surface area contributed by atoms with Crippen molar-refractivity contribution in [1.29, 1.82) is 0 Å². The third-order valence-electron chi connectivity index (χ3n) is 19.2. The summed E-state index contributed by atoms with van der Waals surface area (Å²) in [5.74, 6) is 1.60. The molecule has 2 spiro atoms. The molecular weight excluding hydrogens is 1150 g/mol. The van der Waals surface area contributed by atoms with Crippen LogP contribution >= 0.6 is 12.4 Å². The second-order valence-electron chi connectivity index (χ2n) is 25.6. The number of alkyl halides is 4. The number of aliphatic imine (C=N–C) groups is 1. The quantitative estimate of drug-likeness (QED) is 0.143. The van der Waals surface area contributed by atoms with Gasteiger partial charge in [-0.15, -0.1) is 17.5 Å². The molecule has 11 heterocycles. The Morgan fingerprint density at radius 2 is 1.27 bits per heavy atom. The summed E-state index contributed by atoms with van der Waals surface area (Å²) in [5, 5.41) is 8.20. The standard InChI is InChI=1S/C37H44F2N8O3.C28H29F2N7.ClH/c1-36(2,3)50-35(48)42-30-24-11-5-4-10-23(24)22-37(30)15-19-45(20-16-37)32-28(31(38)39)41-29-33(43-32)47(27-14-6-7-21-49-27)44-34(29)46-18-9-12-25-26(46)13-8-17-40-25;29-25(30)23-27(36-13-9-28(10-14-36)15-17-5-1-2-6-18(17)24(28)31)34-20-16-33-26(22(20)35-23)37-12-4-7-19-21(37)8-3-11-32-19;/h4-5,8,10-11,13,17,27,30-31H,6-7,9,12,14-16,18-22H2,1-3H3,(H,42,48);1-3,5-6,8,11,24-25H,4,7,9-10,12-16,31H2;1H/t27?,30-;24-;/m11./s1. The number of amides is 1. The molecule has 3 atom stereocenters. The Bertz CT molecular complexity index is 3780. The highest BCUT2D eigenvalue weighted by atomic mass is 35.5. The van der Waals surface area contributed by atoms with Gasteiger partial charge in [-0.05, 0) is 156 Å². The number of alkyl carbamates (subject to hydrolysis) is 1. The van der Waals surface area contributed by atoms with Crippen LogP contribution in [0.1, 0.15) is 166 Å². The van der Waals surface area contributed by atoms with Crippen LogP contribution in [0.15, 0.2) is 90.2 Å². The molecule has 1 amide bonds. The average Bonchev–Trinajstić information content (AvgIpc) is 3.17. The molecule has 0 saturated carbocycles. The summed E-state index contributed by atoms with van der Waals surface area (Å²) in [7, 11) is 0. The molecule has 8 aliphatic rings. The Hall–Kier alpha value is -7.56. The third kappa shape index (κ3) is 10.8. The first-order valence-electron chi connectivity index (χ1n) is 30.9. The molecule has 15 rings (SSSR count). The van der Waals surface area contributed by atoms with Crippen molar-refractivity contribution in [2.45, 2.75) is 148 Å². The predicted molar refractivity (Wildman–Crippen MR) is 330 cm³/mol. The number of piperidine rings is 2. The van der Waals surface area contributed by atoms with Gasteiger partial charge in [0.2, 0.25) is 0 Å². The largest absolute Gasteiger partial charge is 0.444 e. The molecule has 3 N–H and O–H groups in total. The summed E-state index contributed by atoms with van der Waals surface area (Å²) in [6.07, 6.45) is 8.11. The lowest BCUT2D eigenvalue weighted by Gasteiger charge is -2.44. The number of aryl methyl sites for hydroxylation is 2. The molecule has 6 aliphatic heterocycles. The van der Waals surface area contributed by atoms with Gasteiger partial charge >= 0.3 is 6.09 Å². The Labute approximate surface area is 515 Å². The number of carbonyl (C=O) groups excluding carboxylic acids is 1. The minimum absolute atomic E-state index is 0. The molecule has 462 valence electrons. The molecule has 23 heteroatoms. The summed E-state index contributed by atoms with van der Waals surface area (Å²) in [4.78, 5) is 53.8. The average molecular weight is 1220 g/mol. The van der Waals surface area contributed by atoms with Crippen LogP contribution in [0.2, 0.25) is 0 Å². The van der Waals surface area contributed by atoms with Crippen LogP contribution in [0.3, 0.4) is 0 Å². The summed E-state index contributed by atoms with van der Waals surface area (Å²) in [6.45, 7) is 10.1. The smallest absolute Gasteiger partial charge is 0.408 e. The number of hydrogen-bond donors (Lipinski definition) is 2. The van der Waals surface area contributed by atoms with Gasteiger partial charge in [0.05, 0.1) is 41.0 Å².